The number of nitrogens with one attached hydrogen (secondary N) is 2. The lowest BCUT2D eigenvalue weighted by Gasteiger charge is -2.15. The SMILES string of the molecule is CCC(C)NCC(=O)NC(C(=O)O)C1CC1. The predicted molar refractivity (Wildman–Crippen MR) is 60.0 cm³/mol. The van der Waals surface area contributed by atoms with Gasteiger partial charge in [0.25, 0.3) is 0 Å². The number of hydrogen-bond donors (Lipinski definition) is 3. The molecule has 0 saturated heterocycles. The monoisotopic (exact) mass is 228 g/mol. The summed E-state index contributed by atoms with van der Waals surface area (Å²) in [6.07, 6.45) is 2.74. The average Bonchev–Trinajstić information content (AvgIpc) is 3.05. The van der Waals surface area contributed by atoms with E-state index in [2.05, 4.69) is 10.6 Å². The molecule has 0 aliphatic heterocycles. The fraction of sp³-hybridized carbons (Fsp3) is 0.818. The molecule has 0 aromatic rings. The van der Waals surface area contributed by atoms with E-state index in [1.807, 2.05) is 13.8 Å². The smallest absolute Gasteiger partial charge is 0.326 e. The van der Waals surface area contributed by atoms with E-state index in [0.29, 0.717) is 0 Å². The third kappa shape index (κ3) is 4.18. The van der Waals surface area contributed by atoms with Crippen molar-refractivity contribution in [1.29, 1.82) is 0 Å². The first-order valence-corrected chi connectivity index (χ1v) is 5.80. The van der Waals surface area contributed by atoms with Gasteiger partial charge in [-0.1, -0.05) is 6.92 Å². The van der Waals surface area contributed by atoms with E-state index in [9.17, 15) is 9.59 Å². The van der Waals surface area contributed by atoms with E-state index in [1.54, 1.807) is 0 Å². The van der Waals surface area contributed by atoms with E-state index < -0.39 is 12.0 Å². The van der Waals surface area contributed by atoms with Gasteiger partial charge in [0.2, 0.25) is 5.91 Å². The molecule has 1 saturated carbocycles. The Morgan fingerprint density at radius 1 is 1.44 bits per heavy atom. The maximum Gasteiger partial charge on any atom is 0.326 e. The number of carboxylic acids is 1. The molecule has 2 atom stereocenters. The number of amides is 1. The number of carbonyl (C=O) groups excluding carboxylic acids is 1. The van der Waals surface area contributed by atoms with E-state index in [1.165, 1.54) is 0 Å². The molecule has 1 rings (SSSR count). The fourth-order valence-electron chi connectivity index (χ4n) is 1.45. The lowest BCUT2D eigenvalue weighted by atomic mass is 10.2. The first-order valence-electron chi connectivity index (χ1n) is 5.80. The summed E-state index contributed by atoms with van der Waals surface area (Å²) in [5, 5.41) is 14.5. The van der Waals surface area contributed by atoms with Crippen molar-refractivity contribution < 1.29 is 14.7 Å². The molecule has 1 fully saturated rings. The van der Waals surface area contributed by atoms with Crippen molar-refractivity contribution in [3.8, 4) is 0 Å². The number of rotatable bonds is 7. The second-order valence-corrected chi connectivity index (χ2v) is 4.41. The van der Waals surface area contributed by atoms with Crippen molar-refractivity contribution in [1.82, 2.24) is 10.6 Å². The molecule has 5 nitrogen and oxygen atoms in total. The molecule has 0 aromatic heterocycles. The van der Waals surface area contributed by atoms with Gasteiger partial charge in [-0.25, -0.2) is 4.79 Å². The van der Waals surface area contributed by atoms with Crippen molar-refractivity contribution in [3.63, 3.8) is 0 Å². The molecule has 0 radical (unpaired) electrons. The Balaban J connectivity index is 2.28. The first-order chi connectivity index (χ1) is 7.54. The minimum atomic E-state index is -0.931. The van der Waals surface area contributed by atoms with Gasteiger partial charge in [-0.05, 0) is 32.1 Å². The molecule has 2 unspecified atom stereocenters. The van der Waals surface area contributed by atoms with Gasteiger partial charge in [0.05, 0.1) is 6.54 Å². The average molecular weight is 228 g/mol. The molecule has 0 aromatic carbocycles. The van der Waals surface area contributed by atoms with E-state index in [0.717, 1.165) is 19.3 Å². The van der Waals surface area contributed by atoms with Crippen LogP contribution in [0.5, 0.6) is 0 Å². The van der Waals surface area contributed by atoms with Crippen molar-refractivity contribution >= 4 is 11.9 Å². The minimum absolute atomic E-state index is 0.130. The lowest BCUT2D eigenvalue weighted by molar-refractivity contribution is -0.142. The van der Waals surface area contributed by atoms with Crippen LogP contribution in [0, 0.1) is 5.92 Å². The van der Waals surface area contributed by atoms with Gasteiger partial charge in [-0.3, -0.25) is 4.79 Å². The standard InChI is InChI=1S/C11H20N2O3/c1-3-7(2)12-6-9(14)13-10(11(15)16)8-4-5-8/h7-8,10,12H,3-6H2,1-2H3,(H,13,14)(H,15,16). The third-order valence-electron chi connectivity index (χ3n) is 2.90. The molecule has 1 aliphatic rings. The van der Waals surface area contributed by atoms with Gasteiger partial charge in [-0.15, -0.1) is 0 Å². The van der Waals surface area contributed by atoms with Crippen LogP contribution in [0.25, 0.3) is 0 Å². The van der Waals surface area contributed by atoms with Gasteiger partial charge in [-0.2, -0.15) is 0 Å². The predicted octanol–water partition coefficient (Wildman–Crippen LogP) is 0.354. The second kappa shape index (κ2) is 5.84. The van der Waals surface area contributed by atoms with Crippen LogP contribution in [0.3, 0.4) is 0 Å². The van der Waals surface area contributed by atoms with E-state index in [-0.39, 0.29) is 24.4 Å². The lowest BCUT2D eigenvalue weighted by Crippen LogP contribution is -2.46. The Hall–Kier alpha value is -1.10. The van der Waals surface area contributed by atoms with Crippen LogP contribution in [0.2, 0.25) is 0 Å². The first kappa shape index (κ1) is 13.0. The second-order valence-electron chi connectivity index (χ2n) is 4.41. The Bertz CT molecular complexity index is 264. The minimum Gasteiger partial charge on any atom is -0.480 e. The Morgan fingerprint density at radius 3 is 2.50 bits per heavy atom. The summed E-state index contributed by atoms with van der Waals surface area (Å²) in [4.78, 5) is 22.3. The van der Waals surface area contributed by atoms with Crippen LogP contribution in [-0.2, 0) is 9.59 Å². The molecular formula is C11H20N2O3. The normalized spacial score (nSPS) is 18.9. The van der Waals surface area contributed by atoms with Crippen molar-refractivity contribution in [2.45, 2.75) is 45.2 Å². The zero-order valence-electron chi connectivity index (χ0n) is 9.82. The molecule has 0 heterocycles. The molecular weight excluding hydrogens is 208 g/mol. The van der Waals surface area contributed by atoms with E-state index in [4.69, 9.17) is 5.11 Å². The van der Waals surface area contributed by atoms with Crippen LogP contribution < -0.4 is 10.6 Å². The summed E-state index contributed by atoms with van der Waals surface area (Å²) < 4.78 is 0. The summed E-state index contributed by atoms with van der Waals surface area (Å²) in [6.45, 7) is 4.20. The van der Waals surface area contributed by atoms with Crippen molar-refractivity contribution in [2.24, 2.45) is 5.92 Å². The highest BCUT2D eigenvalue weighted by molar-refractivity contribution is 5.85. The van der Waals surface area contributed by atoms with Gasteiger partial charge >= 0.3 is 5.97 Å². The van der Waals surface area contributed by atoms with Crippen molar-refractivity contribution in [2.75, 3.05) is 6.54 Å². The van der Waals surface area contributed by atoms with Gasteiger partial charge in [0, 0.05) is 6.04 Å². The van der Waals surface area contributed by atoms with E-state index >= 15 is 0 Å². The molecule has 16 heavy (non-hydrogen) atoms. The zero-order chi connectivity index (χ0) is 12.1. The summed E-state index contributed by atoms with van der Waals surface area (Å²) in [6, 6.07) is -0.429. The molecule has 0 bridgehead atoms. The Kier molecular flexibility index (Phi) is 4.73. The summed E-state index contributed by atoms with van der Waals surface area (Å²) in [5.41, 5.74) is 0. The van der Waals surface area contributed by atoms with Crippen LogP contribution in [0.1, 0.15) is 33.1 Å². The van der Waals surface area contributed by atoms with Crippen LogP contribution in [0.15, 0.2) is 0 Å². The molecule has 5 heteroatoms. The van der Waals surface area contributed by atoms with Gasteiger partial charge in [0.15, 0.2) is 0 Å². The van der Waals surface area contributed by atoms with Crippen LogP contribution >= 0.6 is 0 Å². The van der Waals surface area contributed by atoms with Gasteiger partial charge in [0.1, 0.15) is 6.04 Å². The topological polar surface area (TPSA) is 78.4 Å². The largest absolute Gasteiger partial charge is 0.480 e. The summed E-state index contributed by atoms with van der Waals surface area (Å²) in [7, 11) is 0. The number of carbonyl (C=O) groups is 2. The highest BCUT2D eigenvalue weighted by Gasteiger charge is 2.37. The summed E-state index contributed by atoms with van der Waals surface area (Å²) in [5.74, 6) is -1.04. The Labute approximate surface area is 95.6 Å². The van der Waals surface area contributed by atoms with Crippen LogP contribution in [0.4, 0.5) is 0 Å². The highest BCUT2D eigenvalue weighted by Crippen LogP contribution is 2.32. The number of hydrogen-bond acceptors (Lipinski definition) is 3. The molecule has 3 N–H and O–H groups in total. The van der Waals surface area contributed by atoms with Crippen molar-refractivity contribution in [3.05, 3.63) is 0 Å². The molecule has 0 spiro atoms. The molecule has 1 amide bonds. The van der Waals surface area contributed by atoms with Gasteiger partial charge < -0.3 is 15.7 Å². The fourth-order valence-corrected chi connectivity index (χ4v) is 1.45. The maximum atomic E-state index is 11.5. The quantitative estimate of drug-likeness (QED) is 0.587. The zero-order valence-corrected chi connectivity index (χ0v) is 9.82. The molecule has 1 aliphatic carbocycles. The number of carboxylic acid groups (broad SMARTS) is 1. The highest BCUT2D eigenvalue weighted by atomic mass is 16.4. The molecule has 92 valence electrons. The number of aliphatic carboxylic acids is 1. The van der Waals surface area contributed by atoms with Crippen LogP contribution in [-0.4, -0.2) is 35.6 Å². The summed E-state index contributed by atoms with van der Waals surface area (Å²) >= 11 is 0. The maximum absolute atomic E-state index is 11.5. The Morgan fingerprint density at radius 2 is 2.06 bits per heavy atom. The third-order valence-corrected chi connectivity index (χ3v) is 2.90.